The lowest BCUT2D eigenvalue weighted by Gasteiger charge is -2.22. The van der Waals surface area contributed by atoms with Crippen LogP contribution in [-0.2, 0) is 0 Å². The van der Waals surface area contributed by atoms with E-state index in [1.54, 1.807) is 17.0 Å². The van der Waals surface area contributed by atoms with Crippen molar-refractivity contribution < 1.29 is 4.42 Å². The Bertz CT molecular complexity index is 564. The summed E-state index contributed by atoms with van der Waals surface area (Å²) in [7, 11) is 0. The number of hydrogen-bond donors (Lipinski definition) is 1. The Kier molecular flexibility index (Phi) is 3.49. The highest BCUT2D eigenvalue weighted by atomic mass is 16.3. The molecule has 2 N–H and O–H groups in total. The molecule has 0 spiro atoms. The molecule has 0 saturated heterocycles. The van der Waals surface area contributed by atoms with E-state index in [0.29, 0.717) is 5.82 Å². The highest BCUT2D eigenvalue weighted by Gasteiger charge is 2.25. The number of aryl methyl sites for hydroxylation is 1. The van der Waals surface area contributed by atoms with Crippen LogP contribution in [0, 0.1) is 18.3 Å². The fourth-order valence-corrected chi connectivity index (χ4v) is 2.01. The van der Waals surface area contributed by atoms with Crippen LogP contribution in [-0.4, -0.2) is 15.6 Å². The van der Waals surface area contributed by atoms with Gasteiger partial charge in [-0.1, -0.05) is 6.92 Å². The van der Waals surface area contributed by atoms with Gasteiger partial charge in [0.15, 0.2) is 0 Å². The van der Waals surface area contributed by atoms with Gasteiger partial charge in [0.2, 0.25) is 5.82 Å². The van der Waals surface area contributed by atoms with Crippen LogP contribution in [0.1, 0.15) is 36.7 Å². The van der Waals surface area contributed by atoms with Crippen LogP contribution in [0.25, 0.3) is 0 Å². The van der Waals surface area contributed by atoms with E-state index < -0.39 is 0 Å². The van der Waals surface area contributed by atoms with E-state index in [9.17, 15) is 0 Å². The summed E-state index contributed by atoms with van der Waals surface area (Å²) in [6, 6.07) is 5.54. The van der Waals surface area contributed by atoms with E-state index in [2.05, 4.69) is 11.1 Å². The molecule has 0 bridgehead atoms. The Labute approximate surface area is 106 Å². The van der Waals surface area contributed by atoms with Gasteiger partial charge >= 0.3 is 0 Å². The lowest BCUT2D eigenvalue weighted by atomic mass is 10.0. The molecule has 18 heavy (non-hydrogen) atoms. The average Bonchev–Trinajstić information content (AvgIpc) is 2.99. The Balaban J connectivity index is 2.47. The van der Waals surface area contributed by atoms with Crippen molar-refractivity contribution in [2.24, 2.45) is 5.73 Å². The van der Waals surface area contributed by atoms with Gasteiger partial charge in [-0.2, -0.15) is 5.26 Å². The number of nitrogens with two attached hydrogens (primary N) is 1. The summed E-state index contributed by atoms with van der Waals surface area (Å²) in [5, 5.41) is 9.06. The van der Waals surface area contributed by atoms with Crippen LogP contribution in [0.2, 0.25) is 0 Å². The Hall–Kier alpha value is -2.06. The van der Waals surface area contributed by atoms with Crippen LogP contribution in [0.3, 0.4) is 0 Å². The average molecular weight is 244 g/mol. The van der Waals surface area contributed by atoms with Gasteiger partial charge in [0.05, 0.1) is 0 Å². The zero-order chi connectivity index (χ0) is 13.1. The minimum atomic E-state index is -0.194. The van der Waals surface area contributed by atoms with Crippen LogP contribution in [0.5, 0.6) is 0 Å². The molecular weight excluding hydrogens is 228 g/mol. The Morgan fingerprint density at radius 3 is 2.89 bits per heavy atom. The SMILES string of the molecule is CCC(N)C(c1ccc(C)o1)n1ccnc1C#N. The fourth-order valence-electron chi connectivity index (χ4n) is 2.01. The van der Waals surface area contributed by atoms with Crippen molar-refractivity contribution in [1.29, 1.82) is 5.26 Å². The Morgan fingerprint density at radius 1 is 1.56 bits per heavy atom. The number of hydrogen-bond acceptors (Lipinski definition) is 4. The van der Waals surface area contributed by atoms with E-state index in [-0.39, 0.29) is 12.1 Å². The van der Waals surface area contributed by atoms with Crippen molar-refractivity contribution in [3.05, 3.63) is 41.9 Å². The first-order chi connectivity index (χ1) is 8.67. The summed E-state index contributed by atoms with van der Waals surface area (Å²) in [5.74, 6) is 1.94. The molecule has 0 amide bonds. The predicted molar refractivity (Wildman–Crippen MR) is 66.8 cm³/mol. The van der Waals surface area contributed by atoms with Gasteiger partial charge in [-0.05, 0) is 25.5 Å². The first-order valence-electron chi connectivity index (χ1n) is 5.92. The number of nitrogens with zero attached hydrogens (tertiary/aromatic N) is 3. The predicted octanol–water partition coefficient (Wildman–Crippen LogP) is 1.98. The van der Waals surface area contributed by atoms with Gasteiger partial charge in [0.1, 0.15) is 23.6 Å². The molecule has 5 heteroatoms. The first-order valence-corrected chi connectivity index (χ1v) is 5.92. The third-order valence-corrected chi connectivity index (χ3v) is 3.00. The van der Waals surface area contributed by atoms with Crippen molar-refractivity contribution in [2.45, 2.75) is 32.4 Å². The molecule has 2 aromatic rings. The van der Waals surface area contributed by atoms with Crippen LogP contribution < -0.4 is 5.73 Å². The summed E-state index contributed by atoms with van der Waals surface area (Å²) in [6.07, 6.45) is 4.15. The zero-order valence-electron chi connectivity index (χ0n) is 10.5. The summed E-state index contributed by atoms with van der Waals surface area (Å²) in [4.78, 5) is 4.01. The second kappa shape index (κ2) is 5.07. The molecule has 94 valence electrons. The molecule has 2 atom stereocenters. The van der Waals surface area contributed by atoms with Crippen molar-refractivity contribution in [1.82, 2.24) is 9.55 Å². The maximum atomic E-state index is 9.06. The van der Waals surface area contributed by atoms with E-state index in [1.165, 1.54) is 0 Å². The second-order valence-corrected chi connectivity index (χ2v) is 4.24. The first kappa shape index (κ1) is 12.4. The number of nitriles is 1. The van der Waals surface area contributed by atoms with E-state index >= 15 is 0 Å². The van der Waals surface area contributed by atoms with Crippen LogP contribution in [0.4, 0.5) is 0 Å². The summed E-state index contributed by atoms with van der Waals surface area (Å²) < 4.78 is 7.42. The minimum Gasteiger partial charge on any atom is -0.464 e. The lowest BCUT2D eigenvalue weighted by molar-refractivity contribution is 0.363. The molecule has 2 aromatic heterocycles. The number of furan rings is 1. The molecule has 2 heterocycles. The summed E-state index contributed by atoms with van der Waals surface area (Å²) in [5.41, 5.74) is 6.16. The molecule has 0 fully saturated rings. The molecule has 5 nitrogen and oxygen atoms in total. The van der Waals surface area contributed by atoms with E-state index in [1.807, 2.05) is 26.0 Å². The quantitative estimate of drug-likeness (QED) is 0.891. The number of rotatable bonds is 4. The molecule has 0 radical (unpaired) electrons. The van der Waals surface area contributed by atoms with Gasteiger partial charge in [0, 0.05) is 18.4 Å². The normalized spacial score (nSPS) is 14.1. The van der Waals surface area contributed by atoms with Crippen molar-refractivity contribution in [2.75, 3.05) is 0 Å². The van der Waals surface area contributed by atoms with Crippen molar-refractivity contribution >= 4 is 0 Å². The molecule has 2 unspecified atom stereocenters. The minimum absolute atomic E-state index is 0.128. The van der Waals surface area contributed by atoms with E-state index in [4.69, 9.17) is 15.4 Å². The topological polar surface area (TPSA) is 80.8 Å². The standard InChI is InChI=1S/C13H16N4O/c1-3-10(15)13(11-5-4-9(2)18-11)17-7-6-16-12(17)8-14/h4-7,10,13H,3,15H2,1-2H3. The maximum absolute atomic E-state index is 9.06. The lowest BCUT2D eigenvalue weighted by Crippen LogP contribution is -2.32. The maximum Gasteiger partial charge on any atom is 0.213 e. The van der Waals surface area contributed by atoms with Crippen molar-refractivity contribution in [3.8, 4) is 6.07 Å². The molecular formula is C13H16N4O. The summed E-state index contributed by atoms with van der Waals surface area (Å²) >= 11 is 0. The third kappa shape index (κ3) is 2.15. The molecule has 0 aromatic carbocycles. The van der Waals surface area contributed by atoms with Gasteiger partial charge in [-0.25, -0.2) is 4.98 Å². The molecule has 0 aliphatic rings. The third-order valence-electron chi connectivity index (χ3n) is 3.00. The van der Waals surface area contributed by atoms with Gasteiger partial charge in [-0.15, -0.1) is 0 Å². The number of imidazole rings is 1. The number of aromatic nitrogens is 2. The van der Waals surface area contributed by atoms with Crippen LogP contribution >= 0.6 is 0 Å². The van der Waals surface area contributed by atoms with Crippen LogP contribution in [0.15, 0.2) is 28.9 Å². The zero-order valence-corrected chi connectivity index (χ0v) is 10.5. The van der Waals surface area contributed by atoms with Crippen molar-refractivity contribution in [3.63, 3.8) is 0 Å². The second-order valence-electron chi connectivity index (χ2n) is 4.24. The fraction of sp³-hybridized carbons (Fsp3) is 0.385. The Morgan fingerprint density at radius 2 is 2.33 bits per heavy atom. The van der Waals surface area contributed by atoms with Gasteiger partial charge in [-0.3, -0.25) is 0 Å². The summed E-state index contributed by atoms with van der Waals surface area (Å²) in [6.45, 7) is 3.90. The largest absolute Gasteiger partial charge is 0.464 e. The monoisotopic (exact) mass is 244 g/mol. The van der Waals surface area contributed by atoms with Gasteiger partial charge in [0.25, 0.3) is 0 Å². The molecule has 0 aliphatic heterocycles. The molecule has 0 aliphatic carbocycles. The van der Waals surface area contributed by atoms with Gasteiger partial charge < -0.3 is 14.7 Å². The highest BCUT2D eigenvalue weighted by molar-refractivity contribution is 5.19. The smallest absolute Gasteiger partial charge is 0.213 e. The highest BCUT2D eigenvalue weighted by Crippen LogP contribution is 2.25. The van der Waals surface area contributed by atoms with E-state index in [0.717, 1.165) is 17.9 Å². The molecule has 2 rings (SSSR count). The molecule has 0 saturated carbocycles.